The van der Waals surface area contributed by atoms with E-state index in [0.29, 0.717) is 11.3 Å². The van der Waals surface area contributed by atoms with Gasteiger partial charge in [0.25, 0.3) is 0 Å². The van der Waals surface area contributed by atoms with Crippen LogP contribution in [-0.2, 0) is 0 Å². The average Bonchev–Trinajstić information content (AvgIpc) is 2.54. The van der Waals surface area contributed by atoms with Crippen LogP contribution in [0, 0.1) is 11.3 Å². The Balaban J connectivity index is 2.28. The molecule has 0 saturated carbocycles. The number of aromatic nitrogens is 1. The topological polar surface area (TPSA) is 71.6 Å². The first-order valence-electron chi connectivity index (χ1n) is 7.11. The quantitative estimate of drug-likeness (QED) is 0.632. The Morgan fingerprint density at radius 1 is 1.26 bits per heavy atom. The van der Waals surface area contributed by atoms with Gasteiger partial charge in [-0.05, 0) is 44.2 Å². The number of nitriles is 1. The van der Waals surface area contributed by atoms with E-state index in [1.54, 1.807) is 24.4 Å². The van der Waals surface area contributed by atoms with Crippen LogP contribution in [0.15, 0.2) is 53.8 Å². The molecule has 23 heavy (non-hydrogen) atoms. The number of hydrogen-bond donors (Lipinski definition) is 0. The summed E-state index contributed by atoms with van der Waals surface area (Å²) in [6, 6.07) is 14.9. The highest BCUT2D eigenvalue weighted by atomic mass is 16.5. The molecule has 5 heteroatoms. The molecule has 0 spiro atoms. The first-order valence-corrected chi connectivity index (χ1v) is 7.11. The molecular formula is C18H14N4O. The lowest BCUT2D eigenvalue weighted by Crippen LogP contribution is -2.35. The third kappa shape index (κ3) is 2.76. The summed E-state index contributed by atoms with van der Waals surface area (Å²) in [7, 11) is 0. The van der Waals surface area contributed by atoms with Gasteiger partial charge >= 0.3 is 0 Å². The molecule has 1 aliphatic heterocycles. The van der Waals surface area contributed by atoms with Crippen molar-refractivity contribution in [2.75, 3.05) is 0 Å². The number of ether oxygens (including phenoxy) is 1. The highest BCUT2D eigenvalue weighted by Gasteiger charge is 2.30. The normalized spacial score (nSPS) is 14.6. The van der Waals surface area contributed by atoms with Gasteiger partial charge in [-0.1, -0.05) is 6.01 Å². The van der Waals surface area contributed by atoms with Crippen LogP contribution in [0.25, 0.3) is 11.0 Å². The van der Waals surface area contributed by atoms with E-state index in [2.05, 4.69) is 11.2 Å². The van der Waals surface area contributed by atoms with E-state index in [1.807, 2.05) is 44.1 Å². The largest absolute Gasteiger partial charge is 0.483 e. The molecule has 0 atom stereocenters. The zero-order chi connectivity index (χ0) is 16.4. The fraction of sp³-hybridized carbons (Fsp3) is 0.167. The smallest absolute Gasteiger partial charge is 0.226 e. The van der Waals surface area contributed by atoms with Crippen LogP contribution in [0.4, 0.5) is 0 Å². The van der Waals surface area contributed by atoms with Gasteiger partial charge in [0.2, 0.25) is 5.69 Å². The Kier molecular flexibility index (Phi) is 3.53. The van der Waals surface area contributed by atoms with Gasteiger partial charge < -0.3 is 10.1 Å². The monoisotopic (exact) mass is 302 g/mol. The third-order valence-corrected chi connectivity index (χ3v) is 3.53. The maximum Gasteiger partial charge on any atom is 0.226 e. The fourth-order valence-corrected chi connectivity index (χ4v) is 2.63. The standard InChI is InChI=1S/C18H14N4O/c1-18(2)10-15(16-5-3-4-8-22(16)21-12-20)14-9-13(11-19)6-7-17(14)23-18/h3-10H,1-2H3. The number of nitrogens with zero attached hydrogens (tertiary/aromatic N) is 4. The lowest BCUT2D eigenvalue weighted by atomic mass is 9.91. The first kappa shape index (κ1) is 14.7. The van der Waals surface area contributed by atoms with Crippen LogP contribution in [-0.4, -0.2) is 11.6 Å². The molecule has 0 saturated heterocycles. The maximum absolute atomic E-state index is 9.16. The molecule has 3 rings (SSSR count). The maximum atomic E-state index is 9.16. The van der Waals surface area contributed by atoms with E-state index >= 15 is 0 Å². The Hall–Kier alpha value is -3.22. The van der Waals surface area contributed by atoms with Crippen LogP contribution in [0.2, 0.25) is 0 Å². The van der Waals surface area contributed by atoms with Gasteiger partial charge in [-0.25, -0.2) is 0 Å². The average molecular weight is 302 g/mol. The molecule has 0 radical (unpaired) electrons. The highest BCUT2D eigenvalue weighted by Crippen LogP contribution is 2.38. The lowest BCUT2D eigenvalue weighted by Gasteiger charge is -2.30. The molecule has 1 aromatic carbocycles. The van der Waals surface area contributed by atoms with E-state index in [9.17, 15) is 0 Å². The van der Waals surface area contributed by atoms with Crippen molar-refractivity contribution in [3.63, 3.8) is 0 Å². The zero-order valence-electron chi connectivity index (χ0n) is 12.8. The van der Waals surface area contributed by atoms with E-state index in [1.165, 1.54) is 4.68 Å². The minimum atomic E-state index is -0.503. The summed E-state index contributed by atoms with van der Waals surface area (Å²) >= 11 is 0. The minimum absolute atomic E-state index is 0.503. The number of hydrogen-bond acceptors (Lipinski definition) is 3. The van der Waals surface area contributed by atoms with Crippen molar-refractivity contribution in [2.45, 2.75) is 19.4 Å². The third-order valence-electron chi connectivity index (χ3n) is 3.53. The predicted octanol–water partition coefficient (Wildman–Crippen LogP) is 2.95. The molecule has 1 aliphatic rings. The summed E-state index contributed by atoms with van der Waals surface area (Å²) in [6.07, 6.45) is 3.70. The molecule has 2 heterocycles. The zero-order valence-corrected chi connectivity index (χ0v) is 12.8. The molecule has 0 fully saturated rings. The SMILES string of the molecule is CC1(C)C=C(c2cccc[n+]2N=C=[N-])c2cc(C#N)ccc2O1. The Morgan fingerprint density at radius 2 is 2.09 bits per heavy atom. The predicted molar refractivity (Wildman–Crippen MR) is 85.8 cm³/mol. The van der Waals surface area contributed by atoms with Crippen molar-refractivity contribution >= 4 is 11.6 Å². The van der Waals surface area contributed by atoms with Gasteiger partial charge in [-0.3, -0.25) is 0 Å². The van der Waals surface area contributed by atoms with Gasteiger partial charge in [-0.2, -0.15) is 10.4 Å². The van der Waals surface area contributed by atoms with Crippen molar-refractivity contribution in [2.24, 2.45) is 5.10 Å². The van der Waals surface area contributed by atoms with Crippen LogP contribution in [0.5, 0.6) is 5.75 Å². The molecule has 1 aromatic heterocycles. The molecule has 112 valence electrons. The summed E-state index contributed by atoms with van der Waals surface area (Å²) in [5.74, 6) is 0.707. The second kappa shape index (κ2) is 5.53. The Morgan fingerprint density at radius 3 is 2.83 bits per heavy atom. The van der Waals surface area contributed by atoms with Crippen LogP contribution >= 0.6 is 0 Å². The number of pyridine rings is 1. The Labute approximate surface area is 134 Å². The van der Waals surface area contributed by atoms with Gasteiger partial charge in [0.15, 0.2) is 6.20 Å². The van der Waals surface area contributed by atoms with E-state index in [4.69, 9.17) is 15.4 Å². The molecule has 0 amide bonds. The molecule has 0 N–H and O–H groups in total. The molecule has 0 bridgehead atoms. The van der Waals surface area contributed by atoms with E-state index in [-0.39, 0.29) is 0 Å². The Bertz CT molecular complexity index is 899. The first-order chi connectivity index (χ1) is 11.0. The second-order valence-corrected chi connectivity index (χ2v) is 5.72. The van der Waals surface area contributed by atoms with Gasteiger partial charge in [-0.15, -0.1) is 4.68 Å². The molecule has 0 aliphatic carbocycles. The summed E-state index contributed by atoms with van der Waals surface area (Å²) in [5.41, 5.74) is 2.51. The second-order valence-electron chi connectivity index (χ2n) is 5.72. The van der Waals surface area contributed by atoms with Crippen molar-refractivity contribution < 1.29 is 9.41 Å². The molecular weight excluding hydrogens is 288 g/mol. The van der Waals surface area contributed by atoms with Crippen molar-refractivity contribution in [1.29, 1.82) is 5.26 Å². The molecule has 2 aromatic rings. The van der Waals surface area contributed by atoms with Crippen LogP contribution < -0.4 is 9.41 Å². The summed E-state index contributed by atoms with van der Waals surface area (Å²) in [5, 5.41) is 21.9. The number of fused-ring (bicyclic) bond motifs is 1. The molecule has 0 unspecified atom stereocenters. The van der Waals surface area contributed by atoms with Gasteiger partial charge in [0.1, 0.15) is 11.4 Å². The molecule has 5 nitrogen and oxygen atoms in total. The van der Waals surface area contributed by atoms with Crippen LogP contribution in [0.3, 0.4) is 0 Å². The number of benzene rings is 1. The lowest BCUT2D eigenvalue weighted by molar-refractivity contribution is -0.680. The van der Waals surface area contributed by atoms with Crippen LogP contribution in [0.1, 0.15) is 30.7 Å². The van der Waals surface area contributed by atoms with E-state index < -0.39 is 5.60 Å². The van der Waals surface area contributed by atoms with E-state index in [0.717, 1.165) is 16.8 Å². The van der Waals surface area contributed by atoms with Gasteiger partial charge in [0.05, 0.1) is 17.2 Å². The van der Waals surface area contributed by atoms with Crippen molar-refractivity contribution in [1.82, 2.24) is 0 Å². The van der Waals surface area contributed by atoms with Crippen molar-refractivity contribution in [3.8, 4) is 11.8 Å². The summed E-state index contributed by atoms with van der Waals surface area (Å²) in [6.45, 7) is 3.92. The van der Waals surface area contributed by atoms with Gasteiger partial charge in [0, 0.05) is 17.7 Å². The highest BCUT2D eigenvalue weighted by molar-refractivity contribution is 5.82. The fourth-order valence-electron chi connectivity index (χ4n) is 2.63. The number of rotatable bonds is 2. The summed E-state index contributed by atoms with van der Waals surface area (Å²) < 4.78 is 7.50. The van der Waals surface area contributed by atoms with Crippen molar-refractivity contribution in [3.05, 3.63) is 70.9 Å². The minimum Gasteiger partial charge on any atom is -0.483 e. The summed E-state index contributed by atoms with van der Waals surface area (Å²) in [4.78, 5) is 0.